The number of rotatable bonds is 5. The molecule has 158 valence electrons. The van der Waals surface area contributed by atoms with Gasteiger partial charge in [0.1, 0.15) is 6.04 Å². The monoisotopic (exact) mass is 419 g/mol. The van der Waals surface area contributed by atoms with Crippen molar-refractivity contribution in [2.75, 3.05) is 26.7 Å². The first-order valence-corrected chi connectivity index (χ1v) is 10.5. The molecule has 0 saturated carbocycles. The van der Waals surface area contributed by atoms with Gasteiger partial charge in [-0.05, 0) is 51.7 Å². The third-order valence-corrected chi connectivity index (χ3v) is 5.79. The topological polar surface area (TPSA) is 149 Å². The molecule has 3 fully saturated rings. The van der Waals surface area contributed by atoms with Gasteiger partial charge in [0, 0.05) is 13.0 Å². The lowest BCUT2D eigenvalue weighted by Gasteiger charge is -2.30. The van der Waals surface area contributed by atoms with E-state index < -0.39 is 34.4 Å². The largest absolute Gasteiger partial charge is 0.418 e. The summed E-state index contributed by atoms with van der Waals surface area (Å²) in [7, 11) is -2.80. The summed E-state index contributed by atoms with van der Waals surface area (Å²) >= 11 is 0. The van der Waals surface area contributed by atoms with Crippen LogP contribution < -0.4 is 10.9 Å². The second-order valence-electron chi connectivity index (χ2n) is 7.50. The number of hydroxylamine groups is 2. The Hall–Kier alpha value is -1.96. The van der Waals surface area contributed by atoms with Gasteiger partial charge in [0.25, 0.3) is 5.91 Å². The second kappa shape index (κ2) is 8.19. The van der Waals surface area contributed by atoms with Gasteiger partial charge < -0.3 is 9.80 Å². The number of hydrogen-bond acceptors (Lipinski definition) is 7. The summed E-state index contributed by atoms with van der Waals surface area (Å²) in [5.41, 5.74) is 4.74. The number of carbonyl (C=O) groups excluding carboxylic acids is 3. The van der Waals surface area contributed by atoms with Crippen molar-refractivity contribution in [2.24, 2.45) is 5.92 Å². The Labute approximate surface area is 163 Å². The highest BCUT2D eigenvalue weighted by Crippen LogP contribution is 2.30. The zero-order valence-corrected chi connectivity index (χ0v) is 16.4. The molecular formula is C15H25N5O7S. The number of nitrogens with zero attached hydrogens (tertiary/aromatic N) is 3. The Bertz CT molecular complexity index is 737. The van der Waals surface area contributed by atoms with Crippen molar-refractivity contribution in [3.05, 3.63) is 0 Å². The third kappa shape index (κ3) is 4.90. The Morgan fingerprint density at radius 1 is 1.18 bits per heavy atom. The molecule has 0 aromatic carbocycles. The van der Waals surface area contributed by atoms with E-state index in [0.717, 1.165) is 30.8 Å². The molecule has 0 aromatic heterocycles. The lowest BCUT2D eigenvalue weighted by Crippen LogP contribution is -2.54. The van der Waals surface area contributed by atoms with Crippen LogP contribution in [0.2, 0.25) is 0 Å². The number of amides is 4. The summed E-state index contributed by atoms with van der Waals surface area (Å²) < 4.78 is 34.9. The lowest BCUT2D eigenvalue weighted by molar-refractivity contribution is -0.132. The number of urea groups is 1. The molecule has 3 aliphatic heterocycles. The van der Waals surface area contributed by atoms with Gasteiger partial charge in [0.05, 0.1) is 6.04 Å². The van der Waals surface area contributed by atoms with E-state index in [0.29, 0.717) is 17.9 Å². The highest BCUT2D eigenvalue weighted by atomic mass is 32.3. The average molecular weight is 419 g/mol. The SMILES string of the molecule is CN1CCC(CC(=O)NNC(=O)[C@@H]2CCC3CN2C(=O)N3OS(=O)(=O)O)CC1. The van der Waals surface area contributed by atoms with E-state index >= 15 is 0 Å². The summed E-state index contributed by atoms with van der Waals surface area (Å²) in [6.45, 7) is 1.97. The van der Waals surface area contributed by atoms with Gasteiger partial charge in [0.2, 0.25) is 5.91 Å². The molecule has 4 amide bonds. The third-order valence-electron chi connectivity index (χ3n) is 5.44. The first-order valence-electron chi connectivity index (χ1n) is 9.18. The molecule has 2 bridgehead atoms. The molecule has 0 aliphatic carbocycles. The normalized spacial score (nSPS) is 26.4. The molecule has 3 N–H and O–H groups in total. The van der Waals surface area contributed by atoms with E-state index in [1.165, 1.54) is 0 Å². The zero-order valence-electron chi connectivity index (χ0n) is 15.5. The number of hydrogen-bond donors (Lipinski definition) is 3. The van der Waals surface area contributed by atoms with Gasteiger partial charge in [0.15, 0.2) is 0 Å². The van der Waals surface area contributed by atoms with Crippen LogP contribution in [0.15, 0.2) is 0 Å². The van der Waals surface area contributed by atoms with Crippen LogP contribution in [0.3, 0.4) is 0 Å². The number of hydrazine groups is 1. The molecule has 3 aliphatic rings. The summed E-state index contributed by atoms with van der Waals surface area (Å²) in [6, 6.07) is -2.25. The van der Waals surface area contributed by atoms with Crippen LogP contribution in [-0.2, 0) is 24.3 Å². The molecule has 1 unspecified atom stereocenters. The van der Waals surface area contributed by atoms with Gasteiger partial charge >= 0.3 is 16.4 Å². The summed E-state index contributed by atoms with van der Waals surface area (Å²) in [6.07, 6.45) is 2.76. The van der Waals surface area contributed by atoms with E-state index in [1.807, 2.05) is 7.05 Å². The van der Waals surface area contributed by atoms with Crippen LogP contribution in [0.1, 0.15) is 32.1 Å². The van der Waals surface area contributed by atoms with Crippen LogP contribution in [0.5, 0.6) is 0 Å². The molecule has 3 heterocycles. The number of fused-ring (bicyclic) bond motifs is 2. The molecule has 28 heavy (non-hydrogen) atoms. The minimum absolute atomic E-state index is 0.0932. The Balaban J connectivity index is 1.49. The summed E-state index contributed by atoms with van der Waals surface area (Å²) in [5.74, 6) is -0.576. The molecule has 0 radical (unpaired) electrons. The fourth-order valence-corrected chi connectivity index (χ4v) is 4.29. The van der Waals surface area contributed by atoms with Crippen molar-refractivity contribution in [1.82, 2.24) is 25.7 Å². The Kier molecular flexibility index (Phi) is 6.07. The van der Waals surface area contributed by atoms with E-state index in [2.05, 4.69) is 20.0 Å². The second-order valence-corrected chi connectivity index (χ2v) is 8.50. The molecule has 13 heteroatoms. The maximum Gasteiger partial charge on any atom is 0.418 e. The molecule has 0 aromatic rings. The highest BCUT2D eigenvalue weighted by Gasteiger charge is 2.49. The van der Waals surface area contributed by atoms with Crippen molar-refractivity contribution in [1.29, 1.82) is 0 Å². The summed E-state index contributed by atoms with van der Waals surface area (Å²) in [4.78, 5) is 40.1. The summed E-state index contributed by atoms with van der Waals surface area (Å²) in [5, 5.41) is 0.571. The molecule has 0 spiro atoms. The van der Waals surface area contributed by atoms with Crippen LogP contribution in [0.4, 0.5) is 4.79 Å². The first kappa shape index (κ1) is 20.8. The predicted molar refractivity (Wildman–Crippen MR) is 94.5 cm³/mol. The Morgan fingerprint density at radius 2 is 1.86 bits per heavy atom. The van der Waals surface area contributed by atoms with E-state index in [9.17, 15) is 22.8 Å². The predicted octanol–water partition coefficient (Wildman–Crippen LogP) is -1.13. The maximum atomic E-state index is 12.4. The number of likely N-dealkylation sites (tertiary alicyclic amines) is 1. The molecular weight excluding hydrogens is 394 g/mol. The van der Waals surface area contributed by atoms with Gasteiger partial charge in [-0.1, -0.05) is 0 Å². The van der Waals surface area contributed by atoms with E-state index in [-0.39, 0.29) is 24.8 Å². The highest BCUT2D eigenvalue weighted by molar-refractivity contribution is 7.80. The van der Waals surface area contributed by atoms with E-state index in [4.69, 9.17) is 4.55 Å². The minimum Gasteiger partial charge on any atom is -0.309 e. The first-order chi connectivity index (χ1) is 13.1. The van der Waals surface area contributed by atoms with Crippen molar-refractivity contribution in [3.63, 3.8) is 0 Å². The maximum absolute atomic E-state index is 12.4. The van der Waals surface area contributed by atoms with Crippen LogP contribution in [0, 0.1) is 5.92 Å². The number of carbonyl (C=O) groups is 3. The standard InChI is InChI=1S/C15H25N5O7S/c1-18-6-4-10(5-7-18)8-13(21)16-17-14(22)12-3-2-11-9-19(12)15(23)20(11)27-28(24,25)26/h10-12H,2-9H2,1H3,(H,16,21)(H,17,22)(H,24,25,26)/t11?,12-/m0/s1. The van der Waals surface area contributed by atoms with E-state index in [1.54, 1.807) is 0 Å². The van der Waals surface area contributed by atoms with Crippen molar-refractivity contribution in [3.8, 4) is 0 Å². The molecule has 3 saturated heterocycles. The fraction of sp³-hybridized carbons (Fsp3) is 0.800. The van der Waals surface area contributed by atoms with Crippen molar-refractivity contribution >= 4 is 28.2 Å². The van der Waals surface area contributed by atoms with Crippen LogP contribution in [0.25, 0.3) is 0 Å². The minimum atomic E-state index is -4.84. The van der Waals surface area contributed by atoms with Crippen LogP contribution >= 0.6 is 0 Å². The van der Waals surface area contributed by atoms with Gasteiger partial charge in [-0.25, -0.2) is 4.79 Å². The fourth-order valence-electron chi connectivity index (χ4n) is 3.90. The molecule has 2 atom stereocenters. The average Bonchev–Trinajstić information content (AvgIpc) is 2.85. The lowest BCUT2D eigenvalue weighted by atomic mass is 9.94. The Morgan fingerprint density at radius 3 is 2.50 bits per heavy atom. The zero-order chi connectivity index (χ0) is 20.5. The van der Waals surface area contributed by atoms with Gasteiger partial charge in [-0.3, -0.25) is 25.0 Å². The molecule has 3 rings (SSSR count). The smallest absolute Gasteiger partial charge is 0.309 e. The quantitative estimate of drug-likeness (QED) is 0.374. The number of nitrogens with one attached hydrogen (secondary N) is 2. The van der Waals surface area contributed by atoms with Crippen molar-refractivity contribution < 1.29 is 31.6 Å². The van der Waals surface area contributed by atoms with Crippen LogP contribution in [-0.4, -0.2) is 84.4 Å². The van der Waals surface area contributed by atoms with Gasteiger partial charge in [-0.2, -0.15) is 13.5 Å². The van der Waals surface area contributed by atoms with Gasteiger partial charge in [-0.15, -0.1) is 4.28 Å². The van der Waals surface area contributed by atoms with Crippen molar-refractivity contribution in [2.45, 2.75) is 44.2 Å². The molecule has 12 nitrogen and oxygen atoms in total. The number of piperidine rings is 2.